The van der Waals surface area contributed by atoms with Gasteiger partial charge in [0, 0.05) is 17.5 Å². The van der Waals surface area contributed by atoms with Gasteiger partial charge in [-0.05, 0) is 32.4 Å². The number of hydrogen-bond acceptors (Lipinski definition) is 6. The van der Waals surface area contributed by atoms with Gasteiger partial charge in [-0.15, -0.1) is 11.3 Å². The van der Waals surface area contributed by atoms with E-state index in [4.69, 9.17) is 16.2 Å². The number of benzene rings is 1. The number of nitrogens with one attached hydrogen (secondary N) is 1. The number of carbonyl (C=O) groups excluding carboxylic acids is 2. The van der Waals surface area contributed by atoms with Gasteiger partial charge in [0.2, 0.25) is 0 Å². The van der Waals surface area contributed by atoms with E-state index >= 15 is 0 Å². The Morgan fingerprint density at radius 2 is 1.89 bits per heavy atom. The molecule has 0 saturated carbocycles. The van der Waals surface area contributed by atoms with Crippen LogP contribution in [0.3, 0.4) is 0 Å². The second-order valence-corrected chi connectivity index (χ2v) is 8.28. The molecule has 0 aliphatic heterocycles. The van der Waals surface area contributed by atoms with E-state index in [0.29, 0.717) is 15.9 Å². The molecule has 2 heterocycles. The SMILES string of the molecule is CC(C)(C)OC(=O)NCc1cc(-c2ccccc2)nc2sc(C(N)=O)c(N)c12. The van der Waals surface area contributed by atoms with Crippen molar-refractivity contribution in [1.29, 1.82) is 0 Å². The van der Waals surface area contributed by atoms with E-state index < -0.39 is 17.6 Å². The normalized spacial score (nSPS) is 11.4. The summed E-state index contributed by atoms with van der Waals surface area (Å²) in [5.41, 5.74) is 13.6. The lowest BCUT2D eigenvalue weighted by molar-refractivity contribution is 0.0523. The fourth-order valence-corrected chi connectivity index (χ4v) is 3.75. The summed E-state index contributed by atoms with van der Waals surface area (Å²) in [5, 5.41) is 3.36. The molecule has 2 amide bonds. The number of pyridine rings is 1. The molecule has 0 aliphatic carbocycles. The first-order chi connectivity index (χ1) is 13.2. The summed E-state index contributed by atoms with van der Waals surface area (Å²) in [5.74, 6) is -0.604. The Morgan fingerprint density at radius 3 is 2.50 bits per heavy atom. The molecule has 0 atom stereocenters. The number of hydrogen-bond donors (Lipinski definition) is 3. The fourth-order valence-electron chi connectivity index (χ4n) is 2.76. The summed E-state index contributed by atoms with van der Waals surface area (Å²) in [7, 11) is 0. The number of primary amides is 1. The lowest BCUT2D eigenvalue weighted by Gasteiger charge is -2.20. The molecule has 0 radical (unpaired) electrons. The standard InChI is InChI=1S/C20H22N4O3S/c1-20(2,3)27-19(26)23-10-12-9-13(11-7-5-4-6-8-11)24-18-14(12)15(21)16(28-18)17(22)25/h4-9H,10,21H2,1-3H3,(H2,22,25)(H,23,26). The van der Waals surface area contributed by atoms with Crippen molar-refractivity contribution in [2.24, 2.45) is 5.73 Å². The van der Waals surface area contributed by atoms with Crippen LogP contribution in [-0.4, -0.2) is 22.6 Å². The van der Waals surface area contributed by atoms with Gasteiger partial charge in [-0.3, -0.25) is 4.79 Å². The molecule has 146 valence electrons. The number of nitrogen functional groups attached to an aromatic ring is 1. The van der Waals surface area contributed by atoms with Crippen LogP contribution in [0.2, 0.25) is 0 Å². The molecule has 0 aliphatic rings. The van der Waals surface area contributed by atoms with E-state index in [9.17, 15) is 9.59 Å². The van der Waals surface area contributed by atoms with Gasteiger partial charge in [-0.1, -0.05) is 30.3 Å². The molecular formula is C20H22N4O3S. The number of amides is 2. The highest BCUT2D eigenvalue weighted by Crippen LogP contribution is 2.36. The summed E-state index contributed by atoms with van der Waals surface area (Å²) in [4.78, 5) is 29.3. The van der Waals surface area contributed by atoms with Gasteiger partial charge in [-0.2, -0.15) is 0 Å². The van der Waals surface area contributed by atoms with Gasteiger partial charge < -0.3 is 21.5 Å². The van der Waals surface area contributed by atoms with E-state index in [1.807, 2.05) is 36.4 Å². The molecule has 3 rings (SSSR count). The maximum atomic E-state index is 12.1. The molecule has 1 aromatic carbocycles. The maximum absolute atomic E-state index is 12.1. The van der Waals surface area contributed by atoms with Crippen LogP contribution in [0.4, 0.5) is 10.5 Å². The van der Waals surface area contributed by atoms with E-state index in [2.05, 4.69) is 10.3 Å². The Bertz CT molecular complexity index is 1040. The lowest BCUT2D eigenvalue weighted by Crippen LogP contribution is -2.32. The summed E-state index contributed by atoms with van der Waals surface area (Å²) in [6.07, 6.45) is -0.539. The molecule has 7 nitrogen and oxygen atoms in total. The van der Waals surface area contributed by atoms with Gasteiger partial charge in [0.25, 0.3) is 5.91 Å². The van der Waals surface area contributed by atoms with Crippen LogP contribution in [0.5, 0.6) is 0 Å². The minimum absolute atomic E-state index is 0.174. The topological polar surface area (TPSA) is 120 Å². The number of nitrogens with zero attached hydrogens (tertiary/aromatic N) is 1. The van der Waals surface area contributed by atoms with E-state index in [-0.39, 0.29) is 17.1 Å². The van der Waals surface area contributed by atoms with Crippen molar-refractivity contribution >= 4 is 39.2 Å². The number of fused-ring (bicyclic) bond motifs is 1. The highest BCUT2D eigenvalue weighted by Gasteiger charge is 2.21. The van der Waals surface area contributed by atoms with Crippen LogP contribution in [0.25, 0.3) is 21.5 Å². The number of rotatable bonds is 4. The van der Waals surface area contributed by atoms with Crippen LogP contribution in [0, 0.1) is 0 Å². The van der Waals surface area contributed by atoms with Gasteiger partial charge in [0.1, 0.15) is 15.3 Å². The molecule has 28 heavy (non-hydrogen) atoms. The minimum Gasteiger partial charge on any atom is -0.444 e. The average molecular weight is 398 g/mol. The van der Waals surface area contributed by atoms with Crippen LogP contribution in [-0.2, 0) is 11.3 Å². The highest BCUT2D eigenvalue weighted by molar-refractivity contribution is 7.21. The smallest absolute Gasteiger partial charge is 0.407 e. The van der Waals surface area contributed by atoms with Gasteiger partial charge in [0.15, 0.2) is 0 Å². The number of aromatic nitrogens is 1. The molecule has 0 bridgehead atoms. The molecule has 3 aromatic rings. The first-order valence-corrected chi connectivity index (χ1v) is 9.51. The Balaban J connectivity index is 2.05. The average Bonchev–Trinajstić information content (AvgIpc) is 2.96. The highest BCUT2D eigenvalue weighted by atomic mass is 32.1. The number of nitrogens with two attached hydrogens (primary N) is 2. The number of carbonyl (C=O) groups is 2. The van der Waals surface area contributed by atoms with Crippen LogP contribution in [0.15, 0.2) is 36.4 Å². The van der Waals surface area contributed by atoms with E-state index in [1.165, 1.54) is 0 Å². The molecule has 0 spiro atoms. The minimum atomic E-state index is -0.604. The molecular weight excluding hydrogens is 376 g/mol. The predicted octanol–water partition coefficient (Wildman–Crippen LogP) is 3.67. The third-order valence-corrected chi connectivity index (χ3v) is 5.01. The van der Waals surface area contributed by atoms with E-state index in [0.717, 1.165) is 22.5 Å². The van der Waals surface area contributed by atoms with Crippen molar-refractivity contribution < 1.29 is 14.3 Å². The third-order valence-electron chi connectivity index (χ3n) is 3.90. The molecule has 8 heteroatoms. The third kappa shape index (κ3) is 4.23. The zero-order valence-electron chi connectivity index (χ0n) is 15.9. The van der Waals surface area contributed by atoms with Crippen molar-refractivity contribution in [1.82, 2.24) is 10.3 Å². The Morgan fingerprint density at radius 1 is 1.21 bits per heavy atom. The van der Waals surface area contributed by atoms with Crippen molar-refractivity contribution in [3.8, 4) is 11.3 Å². The fraction of sp³-hybridized carbons (Fsp3) is 0.250. The Labute approximate surface area is 166 Å². The van der Waals surface area contributed by atoms with Crippen molar-refractivity contribution in [2.45, 2.75) is 32.9 Å². The van der Waals surface area contributed by atoms with Crippen molar-refractivity contribution in [2.75, 3.05) is 5.73 Å². The second-order valence-electron chi connectivity index (χ2n) is 7.28. The maximum Gasteiger partial charge on any atom is 0.407 e. The van der Waals surface area contributed by atoms with Crippen molar-refractivity contribution in [3.05, 3.63) is 46.8 Å². The summed E-state index contributed by atoms with van der Waals surface area (Å²) in [6, 6.07) is 11.5. The number of alkyl carbamates (subject to hydrolysis) is 1. The monoisotopic (exact) mass is 398 g/mol. The molecule has 0 saturated heterocycles. The first-order valence-electron chi connectivity index (χ1n) is 8.69. The Hall–Kier alpha value is -3.13. The Kier molecular flexibility index (Phi) is 5.24. The zero-order chi connectivity index (χ0) is 20.5. The zero-order valence-corrected chi connectivity index (χ0v) is 16.7. The van der Waals surface area contributed by atoms with Crippen LogP contribution in [0.1, 0.15) is 36.0 Å². The van der Waals surface area contributed by atoms with Gasteiger partial charge in [0.05, 0.1) is 11.4 Å². The quantitative estimate of drug-likeness (QED) is 0.619. The summed E-state index contributed by atoms with van der Waals surface area (Å²) >= 11 is 1.14. The number of ether oxygens (including phenoxy) is 1. The largest absolute Gasteiger partial charge is 0.444 e. The number of thiophene rings is 1. The molecule has 0 fully saturated rings. The van der Waals surface area contributed by atoms with Crippen LogP contribution >= 0.6 is 11.3 Å². The molecule has 0 unspecified atom stereocenters. The molecule has 5 N–H and O–H groups in total. The van der Waals surface area contributed by atoms with Gasteiger partial charge in [-0.25, -0.2) is 9.78 Å². The van der Waals surface area contributed by atoms with Gasteiger partial charge >= 0.3 is 6.09 Å². The van der Waals surface area contributed by atoms with Crippen LogP contribution < -0.4 is 16.8 Å². The lowest BCUT2D eigenvalue weighted by atomic mass is 10.1. The second kappa shape index (κ2) is 7.47. The molecule has 2 aromatic heterocycles. The predicted molar refractivity (Wildman–Crippen MR) is 111 cm³/mol. The van der Waals surface area contributed by atoms with Crippen molar-refractivity contribution in [3.63, 3.8) is 0 Å². The summed E-state index contributed by atoms with van der Waals surface area (Å²) in [6.45, 7) is 5.55. The first kappa shape index (κ1) is 19.6. The summed E-state index contributed by atoms with van der Waals surface area (Å²) < 4.78 is 5.29. The number of anilines is 1. The van der Waals surface area contributed by atoms with E-state index in [1.54, 1.807) is 20.8 Å².